The Morgan fingerprint density at radius 3 is 3.17 bits per heavy atom. The quantitative estimate of drug-likeness (QED) is 0.652. The number of nitrogen functional groups attached to an aromatic ring is 1. The standard InChI is InChI=1S/C12H15N3OS2/c1-2-5-14-11(16)7-17-12-15-9-4-3-8(13)6-10(9)18-12/h3-4,6H,2,5,7,13H2,1H3,(H,14,16). The second kappa shape index (κ2) is 6.06. The van der Waals surface area contributed by atoms with Gasteiger partial charge in [0.05, 0.1) is 16.0 Å². The molecule has 0 radical (unpaired) electrons. The zero-order chi connectivity index (χ0) is 13.0. The lowest BCUT2D eigenvalue weighted by Gasteiger charge is -2.00. The van der Waals surface area contributed by atoms with Gasteiger partial charge < -0.3 is 11.1 Å². The minimum Gasteiger partial charge on any atom is -0.399 e. The highest BCUT2D eigenvalue weighted by atomic mass is 32.2. The van der Waals surface area contributed by atoms with Gasteiger partial charge >= 0.3 is 0 Å². The highest BCUT2D eigenvalue weighted by Gasteiger charge is 2.07. The van der Waals surface area contributed by atoms with Crippen LogP contribution in [-0.4, -0.2) is 23.2 Å². The fourth-order valence-electron chi connectivity index (χ4n) is 1.42. The van der Waals surface area contributed by atoms with E-state index in [1.165, 1.54) is 11.8 Å². The van der Waals surface area contributed by atoms with E-state index in [1.807, 2.05) is 25.1 Å². The summed E-state index contributed by atoms with van der Waals surface area (Å²) in [5, 5.41) is 2.84. The fraction of sp³-hybridized carbons (Fsp3) is 0.333. The van der Waals surface area contributed by atoms with Crippen molar-refractivity contribution in [3.05, 3.63) is 18.2 Å². The molecule has 0 atom stereocenters. The number of anilines is 1. The van der Waals surface area contributed by atoms with Crippen molar-refractivity contribution in [3.63, 3.8) is 0 Å². The summed E-state index contributed by atoms with van der Waals surface area (Å²) in [4.78, 5) is 15.9. The lowest BCUT2D eigenvalue weighted by Crippen LogP contribution is -2.25. The number of nitrogens with zero attached hydrogens (tertiary/aromatic N) is 1. The van der Waals surface area contributed by atoms with Crippen molar-refractivity contribution in [1.82, 2.24) is 10.3 Å². The first kappa shape index (κ1) is 13.2. The summed E-state index contributed by atoms with van der Waals surface area (Å²) in [6.07, 6.45) is 0.955. The van der Waals surface area contributed by atoms with Crippen molar-refractivity contribution < 1.29 is 4.79 Å². The second-order valence-corrected chi connectivity index (χ2v) is 6.10. The Labute approximate surface area is 114 Å². The van der Waals surface area contributed by atoms with Crippen LogP contribution in [0.5, 0.6) is 0 Å². The molecular formula is C12H15N3OS2. The minimum atomic E-state index is 0.0561. The number of hydrogen-bond acceptors (Lipinski definition) is 5. The number of carbonyl (C=O) groups excluding carboxylic acids is 1. The smallest absolute Gasteiger partial charge is 0.230 e. The van der Waals surface area contributed by atoms with Crippen LogP contribution in [-0.2, 0) is 4.79 Å². The van der Waals surface area contributed by atoms with Gasteiger partial charge in [0, 0.05) is 12.2 Å². The largest absolute Gasteiger partial charge is 0.399 e. The molecule has 96 valence electrons. The Hall–Kier alpha value is -1.27. The van der Waals surface area contributed by atoms with Gasteiger partial charge in [-0.2, -0.15) is 0 Å². The number of aromatic nitrogens is 1. The first-order valence-corrected chi connectivity index (χ1v) is 7.55. The van der Waals surface area contributed by atoms with Gasteiger partial charge in [0.1, 0.15) is 0 Å². The SMILES string of the molecule is CCCNC(=O)CSc1nc2ccc(N)cc2s1. The van der Waals surface area contributed by atoms with Crippen LogP contribution < -0.4 is 11.1 Å². The molecule has 0 fully saturated rings. The molecule has 4 nitrogen and oxygen atoms in total. The van der Waals surface area contributed by atoms with Gasteiger partial charge in [-0.1, -0.05) is 18.7 Å². The molecule has 3 N–H and O–H groups in total. The van der Waals surface area contributed by atoms with Gasteiger partial charge in [0.15, 0.2) is 4.34 Å². The molecule has 0 aliphatic rings. The third kappa shape index (κ3) is 3.36. The van der Waals surface area contributed by atoms with Crippen LogP contribution in [0.25, 0.3) is 10.2 Å². The van der Waals surface area contributed by atoms with E-state index < -0.39 is 0 Å². The molecule has 0 bridgehead atoms. The lowest BCUT2D eigenvalue weighted by molar-refractivity contribution is -0.118. The average molecular weight is 281 g/mol. The minimum absolute atomic E-state index is 0.0561. The molecule has 0 saturated heterocycles. The van der Waals surface area contributed by atoms with Crippen LogP contribution in [0, 0.1) is 0 Å². The average Bonchev–Trinajstić information content (AvgIpc) is 2.75. The molecule has 0 saturated carbocycles. The predicted octanol–water partition coefficient (Wildman–Crippen LogP) is 2.50. The molecule has 0 aliphatic heterocycles. The van der Waals surface area contributed by atoms with Gasteiger partial charge in [0.2, 0.25) is 5.91 Å². The number of nitrogens with one attached hydrogen (secondary N) is 1. The second-order valence-electron chi connectivity index (χ2n) is 3.85. The number of carbonyl (C=O) groups is 1. The molecule has 0 unspecified atom stereocenters. The molecular weight excluding hydrogens is 266 g/mol. The molecule has 1 aromatic heterocycles. The van der Waals surface area contributed by atoms with Crippen molar-refractivity contribution in [2.45, 2.75) is 17.7 Å². The third-order valence-electron chi connectivity index (χ3n) is 2.29. The summed E-state index contributed by atoms with van der Waals surface area (Å²) in [6.45, 7) is 2.77. The summed E-state index contributed by atoms with van der Waals surface area (Å²) in [5.41, 5.74) is 7.39. The third-order valence-corrected chi connectivity index (χ3v) is 4.45. The maximum absolute atomic E-state index is 11.5. The normalized spacial score (nSPS) is 10.7. The highest BCUT2D eigenvalue weighted by Crippen LogP contribution is 2.30. The zero-order valence-corrected chi connectivity index (χ0v) is 11.7. The molecule has 1 heterocycles. The van der Waals surface area contributed by atoms with E-state index in [2.05, 4.69) is 10.3 Å². The Bertz CT molecular complexity index is 553. The molecule has 2 aromatic rings. The van der Waals surface area contributed by atoms with E-state index in [0.29, 0.717) is 5.75 Å². The summed E-state index contributed by atoms with van der Waals surface area (Å²) in [6, 6.07) is 5.65. The first-order chi connectivity index (χ1) is 8.69. The van der Waals surface area contributed by atoms with Crippen LogP contribution in [0.3, 0.4) is 0 Å². The Kier molecular flexibility index (Phi) is 4.43. The summed E-state index contributed by atoms with van der Waals surface area (Å²) >= 11 is 3.03. The van der Waals surface area contributed by atoms with Crippen LogP contribution in [0.1, 0.15) is 13.3 Å². The number of fused-ring (bicyclic) bond motifs is 1. The monoisotopic (exact) mass is 281 g/mol. The van der Waals surface area contributed by atoms with Crippen molar-refractivity contribution in [3.8, 4) is 0 Å². The Morgan fingerprint density at radius 1 is 1.56 bits per heavy atom. The van der Waals surface area contributed by atoms with Crippen molar-refractivity contribution in [2.75, 3.05) is 18.0 Å². The van der Waals surface area contributed by atoms with Crippen LogP contribution in [0.2, 0.25) is 0 Å². The fourth-order valence-corrected chi connectivity index (χ4v) is 3.37. The molecule has 0 aliphatic carbocycles. The summed E-state index contributed by atoms with van der Waals surface area (Å²) < 4.78 is 1.97. The number of benzene rings is 1. The van der Waals surface area contributed by atoms with Crippen molar-refractivity contribution in [2.24, 2.45) is 0 Å². The number of nitrogens with two attached hydrogens (primary N) is 1. The number of amides is 1. The number of thioether (sulfide) groups is 1. The van der Waals surface area contributed by atoms with E-state index in [1.54, 1.807) is 11.3 Å². The van der Waals surface area contributed by atoms with Crippen molar-refractivity contribution >= 4 is 44.9 Å². The topological polar surface area (TPSA) is 68.0 Å². The van der Waals surface area contributed by atoms with E-state index in [9.17, 15) is 4.79 Å². The number of thiazole rings is 1. The van der Waals surface area contributed by atoms with Gasteiger partial charge in [-0.05, 0) is 24.6 Å². The maximum atomic E-state index is 11.5. The van der Waals surface area contributed by atoms with E-state index >= 15 is 0 Å². The molecule has 6 heteroatoms. The Balaban J connectivity index is 1.97. The van der Waals surface area contributed by atoms with Crippen molar-refractivity contribution in [1.29, 1.82) is 0 Å². The number of rotatable bonds is 5. The van der Waals surface area contributed by atoms with Crippen LogP contribution in [0.15, 0.2) is 22.5 Å². The molecule has 1 amide bonds. The van der Waals surface area contributed by atoms with E-state index in [-0.39, 0.29) is 5.91 Å². The van der Waals surface area contributed by atoms with Gasteiger partial charge in [-0.25, -0.2) is 4.98 Å². The van der Waals surface area contributed by atoms with Crippen LogP contribution in [0.4, 0.5) is 5.69 Å². The Morgan fingerprint density at radius 2 is 2.39 bits per heavy atom. The zero-order valence-electron chi connectivity index (χ0n) is 10.1. The van der Waals surface area contributed by atoms with Gasteiger partial charge in [-0.15, -0.1) is 11.3 Å². The summed E-state index contributed by atoms with van der Waals surface area (Å²) in [5.74, 6) is 0.468. The van der Waals surface area contributed by atoms with Gasteiger partial charge in [-0.3, -0.25) is 4.79 Å². The first-order valence-electron chi connectivity index (χ1n) is 5.74. The van der Waals surface area contributed by atoms with Gasteiger partial charge in [0.25, 0.3) is 0 Å². The lowest BCUT2D eigenvalue weighted by atomic mass is 10.3. The summed E-state index contributed by atoms with van der Waals surface area (Å²) in [7, 11) is 0. The van der Waals surface area contributed by atoms with Crippen LogP contribution >= 0.6 is 23.1 Å². The highest BCUT2D eigenvalue weighted by molar-refractivity contribution is 8.01. The van der Waals surface area contributed by atoms with E-state index in [0.717, 1.165) is 33.2 Å². The molecule has 18 heavy (non-hydrogen) atoms. The number of hydrogen-bond donors (Lipinski definition) is 2. The molecule has 1 aromatic carbocycles. The molecule has 0 spiro atoms. The maximum Gasteiger partial charge on any atom is 0.230 e. The molecule has 2 rings (SSSR count). The van der Waals surface area contributed by atoms with E-state index in [4.69, 9.17) is 5.73 Å². The predicted molar refractivity (Wildman–Crippen MR) is 78.1 cm³/mol.